The molecule has 0 radical (unpaired) electrons. The second-order valence-corrected chi connectivity index (χ2v) is 7.10. The summed E-state index contributed by atoms with van der Waals surface area (Å²) in [6, 6.07) is 15.6. The highest BCUT2D eigenvalue weighted by atomic mass is 16.2. The third-order valence-electron chi connectivity index (χ3n) is 4.19. The molecule has 2 rings (SSSR count). The molecule has 4 heteroatoms. The molecular weight excluding hydrogens is 312 g/mol. The van der Waals surface area contributed by atoms with Gasteiger partial charge < -0.3 is 10.2 Å². The number of nitrogens with one attached hydrogen (secondary N) is 1. The molecule has 0 aliphatic carbocycles. The first-order chi connectivity index (χ1) is 11.7. The standard InChI is InChI=1S/C21H26N2O2/c1-15-11-16(2)13-18(12-15)22-19(24)21(3,4)20(25)23(5)14-17-9-7-6-8-10-17/h6-13H,14H2,1-5H3,(H,22,24). The minimum atomic E-state index is -1.15. The van der Waals surface area contributed by atoms with Crippen molar-refractivity contribution in [1.82, 2.24) is 4.90 Å². The number of aryl methyl sites for hydroxylation is 2. The first-order valence-electron chi connectivity index (χ1n) is 8.39. The maximum atomic E-state index is 12.8. The van der Waals surface area contributed by atoms with Crippen LogP contribution in [0.4, 0.5) is 5.69 Å². The second kappa shape index (κ2) is 7.51. The molecule has 0 saturated heterocycles. The van der Waals surface area contributed by atoms with Crippen LogP contribution in [0.2, 0.25) is 0 Å². The van der Waals surface area contributed by atoms with Crippen molar-refractivity contribution in [2.75, 3.05) is 12.4 Å². The Bertz CT molecular complexity index is 746. The smallest absolute Gasteiger partial charge is 0.239 e. The van der Waals surface area contributed by atoms with E-state index in [9.17, 15) is 9.59 Å². The molecule has 0 heterocycles. The number of amides is 2. The van der Waals surface area contributed by atoms with Gasteiger partial charge in [0.05, 0.1) is 0 Å². The first-order valence-corrected chi connectivity index (χ1v) is 8.39. The third kappa shape index (κ3) is 4.69. The Labute approximate surface area is 149 Å². The van der Waals surface area contributed by atoms with E-state index < -0.39 is 5.41 Å². The van der Waals surface area contributed by atoms with Crippen LogP contribution >= 0.6 is 0 Å². The monoisotopic (exact) mass is 338 g/mol. The summed E-state index contributed by atoms with van der Waals surface area (Å²) < 4.78 is 0. The second-order valence-electron chi connectivity index (χ2n) is 7.10. The number of hydrogen-bond donors (Lipinski definition) is 1. The summed E-state index contributed by atoms with van der Waals surface area (Å²) in [5.41, 5.74) is 2.74. The molecule has 0 fully saturated rings. The van der Waals surface area contributed by atoms with E-state index in [-0.39, 0.29) is 11.8 Å². The Morgan fingerprint density at radius 2 is 1.56 bits per heavy atom. The fourth-order valence-electron chi connectivity index (χ4n) is 2.84. The van der Waals surface area contributed by atoms with Gasteiger partial charge >= 0.3 is 0 Å². The van der Waals surface area contributed by atoms with E-state index in [1.165, 1.54) is 0 Å². The Morgan fingerprint density at radius 3 is 2.12 bits per heavy atom. The summed E-state index contributed by atoms with van der Waals surface area (Å²) in [5, 5.41) is 2.88. The molecule has 2 amide bonds. The number of carbonyl (C=O) groups is 2. The summed E-state index contributed by atoms with van der Waals surface area (Å²) in [4.78, 5) is 27.1. The van der Waals surface area contributed by atoms with Gasteiger partial charge in [0, 0.05) is 19.3 Å². The molecule has 2 aromatic rings. The number of nitrogens with zero attached hydrogens (tertiary/aromatic N) is 1. The Hall–Kier alpha value is -2.62. The molecule has 0 bridgehead atoms. The molecule has 2 aromatic carbocycles. The summed E-state index contributed by atoms with van der Waals surface area (Å²) in [7, 11) is 1.72. The first kappa shape index (κ1) is 18.7. The average molecular weight is 338 g/mol. The fraction of sp³-hybridized carbons (Fsp3) is 0.333. The van der Waals surface area contributed by atoms with E-state index >= 15 is 0 Å². The lowest BCUT2D eigenvalue weighted by atomic mass is 9.90. The van der Waals surface area contributed by atoms with Crippen molar-refractivity contribution in [3.63, 3.8) is 0 Å². The zero-order chi connectivity index (χ0) is 18.6. The molecule has 1 N–H and O–H groups in total. The van der Waals surface area contributed by atoms with E-state index in [4.69, 9.17) is 0 Å². The van der Waals surface area contributed by atoms with Gasteiger partial charge in [0.25, 0.3) is 0 Å². The molecule has 0 aliphatic rings. The number of rotatable bonds is 5. The van der Waals surface area contributed by atoms with E-state index in [1.807, 2.05) is 62.4 Å². The minimum absolute atomic E-state index is 0.210. The van der Waals surface area contributed by atoms with E-state index in [0.29, 0.717) is 12.2 Å². The molecule has 0 aromatic heterocycles. The van der Waals surface area contributed by atoms with Gasteiger partial charge in [0.15, 0.2) is 0 Å². The zero-order valence-electron chi connectivity index (χ0n) is 15.6. The highest BCUT2D eigenvalue weighted by Gasteiger charge is 2.38. The van der Waals surface area contributed by atoms with E-state index in [1.54, 1.807) is 25.8 Å². The predicted octanol–water partition coefficient (Wildman–Crippen LogP) is 3.93. The average Bonchev–Trinajstić information content (AvgIpc) is 2.53. The van der Waals surface area contributed by atoms with Crippen molar-refractivity contribution in [2.45, 2.75) is 34.2 Å². The van der Waals surface area contributed by atoms with Crippen molar-refractivity contribution in [3.05, 3.63) is 65.2 Å². The normalized spacial score (nSPS) is 11.1. The van der Waals surface area contributed by atoms with Gasteiger partial charge in [0.2, 0.25) is 11.8 Å². The minimum Gasteiger partial charge on any atom is -0.341 e. The van der Waals surface area contributed by atoms with Gasteiger partial charge in [-0.15, -0.1) is 0 Å². The Balaban J connectivity index is 2.10. The van der Waals surface area contributed by atoms with Gasteiger partial charge in [-0.05, 0) is 56.5 Å². The summed E-state index contributed by atoms with van der Waals surface area (Å²) in [6.45, 7) is 7.75. The summed E-state index contributed by atoms with van der Waals surface area (Å²) >= 11 is 0. The van der Waals surface area contributed by atoms with Gasteiger partial charge in [-0.2, -0.15) is 0 Å². The molecule has 25 heavy (non-hydrogen) atoms. The van der Waals surface area contributed by atoms with Crippen LogP contribution in [0.25, 0.3) is 0 Å². The Kier molecular flexibility index (Phi) is 5.62. The maximum Gasteiger partial charge on any atom is 0.239 e. The number of hydrogen-bond acceptors (Lipinski definition) is 2. The Morgan fingerprint density at radius 1 is 1.00 bits per heavy atom. The van der Waals surface area contributed by atoms with Gasteiger partial charge in [-0.25, -0.2) is 0 Å². The molecule has 0 atom stereocenters. The number of carbonyl (C=O) groups excluding carboxylic acids is 2. The highest BCUT2D eigenvalue weighted by Crippen LogP contribution is 2.23. The van der Waals surface area contributed by atoms with Crippen molar-refractivity contribution >= 4 is 17.5 Å². The molecule has 4 nitrogen and oxygen atoms in total. The predicted molar refractivity (Wildman–Crippen MR) is 101 cm³/mol. The van der Waals surface area contributed by atoms with Crippen LogP contribution in [0.5, 0.6) is 0 Å². The lowest BCUT2D eigenvalue weighted by Gasteiger charge is -2.28. The van der Waals surface area contributed by atoms with Crippen molar-refractivity contribution in [1.29, 1.82) is 0 Å². The van der Waals surface area contributed by atoms with Crippen molar-refractivity contribution in [2.24, 2.45) is 5.41 Å². The molecule has 132 valence electrons. The van der Waals surface area contributed by atoms with Gasteiger partial charge in [0.1, 0.15) is 5.41 Å². The topological polar surface area (TPSA) is 49.4 Å². The molecule has 0 spiro atoms. The number of anilines is 1. The quantitative estimate of drug-likeness (QED) is 0.840. The van der Waals surface area contributed by atoms with Gasteiger partial charge in [-0.1, -0.05) is 36.4 Å². The van der Waals surface area contributed by atoms with Crippen LogP contribution in [-0.2, 0) is 16.1 Å². The van der Waals surface area contributed by atoms with E-state index in [2.05, 4.69) is 5.32 Å². The van der Waals surface area contributed by atoms with E-state index in [0.717, 1.165) is 16.7 Å². The molecule has 0 aliphatic heterocycles. The van der Waals surface area contributed by atoms with Crippen molar-refractivity contribution < 1.29 is 9.59 Å². The van der Waals surface area contributed by atoms with Gasteiger partial charge in [-0.3, -0.25) is 9.59 Å². The molecule has 0 saturated carbocycles. The maximum absolute atomic E-state index is 12.8. The number of benzene rings is 2. The summed E-state index contributed by atoms with van der Waals surface area (Å²) in [6.07, 6.45) is 0. The van der Waals surface area contributed by atoms with Crippen LogP contribution in [0.3, 0.4) is 0 Å². The van der Waals surface area contributed by atoms with Crippen LogP contribution in [0, 0.1) is 19.3 Å². The van der Waals surface area contributed by atoms with Crippen LogP contribution in [0.15, 0.2) is 48.5 Å². The molecular formula is C21H26N2O2. The molecule has 0 unspecified atom stereocenters. The third-order valence-corrected chi connectivity index (χ3v) is 4.19. The summed E-state index contributed by atoms with van der Waals surface area (Å²) in [5.74, 6) is -0.513. The van der Waals surface area contributed by atoms with Crippen molar-refractivity contribution in [3.8, 4) is 0 Å². The van der Waals surface area contributed by atoms with Crippen LogP contribution in [-0.4, -0.2) is 23.8 Å². The highest BCUT2D eigenvalue weighted by molar-refractivity contribution is 6.09. The lowest BCUT2D eigenvalue weighted by molar-refractivity contribution is -0.145. The SMILES string of the molecule is Cc1cc(C)cc(NC(=O)C(C)(C)C(=O)N(C)Cc2ccccc2)c1. The van der Waals surface area contributed by atoms with Crippen LogP contribution < -0.4 is 5.32 Å². The van der Waals surface area contributed by atoms with Crippen LogP contribution in [0.1, 0.15) is 30.5 Å². The fourth-order valence-corrected chi connectivity index (χ4v) is 2.84. The lowest BCUT2D eigenvalue weighted by Crippen LogP contribution is -2.45. The largest absolute Gasteiger partial charge is 0.341 e. The zero-order valence-corrected chi connectivity index (χ0v) is 15.6.